The summed E-state index contributed by atoms with van der Waals surface area (Å²) < 4.78 is 0. The third kappa shape index (κ3) is 7.08. The predicted octanol–water partition coefficient (Wildman–Crippen LogP) is 9.70. The maximum absolute atomic E-state index is 5.91. The van der Waals surface area contributed by atoms with E-state index in [0.29, 0.717) is 0 Å². The van der Waals surface area contributed by atoms with Crippen LogP contribution in [0.15, 0.2) is 121 Å². The van der Waals surface area contributed by atoms with E-state index in [1.54, 1.807) is 0 Å². The molecule has 1 aliphatic rings. The minimum Gasteiger partial charge on any atom is -0.399 e. The fourth-order valence-electron chi connectivity index (χ4n) is 7.21. The van der Waals surface area contributed by atoms with Gasteiger partial charge < -0.3 is 11.5 Å². The first kappa shape index (κ1) is 29.8. The second-order valence-corrected chi connectivity index (χ2v) is 13.0. The Morgan fingerprint density at radius 2 is 0.864 bits per heavy atom. The van der Waals surface area contributed by atoms with Gasteiger partial charge in [-0.05, 0) is 126 Å². The molecule has 0 saturated heterocycles. The molecule has 5 aromatic carbocycles. The maximum Gasteiger partial charge on any atom is 0.0314 e. The van der Waals surface area contributed by atoms with Crippen molar-refractivity contribution in [1.29, 1.82) is 0 Å². The van der Waals surface area contributed by atoms with Crippen LogP contribution in [-0.4, -0.2) is 0 Å². The molecule has 0 amide bonds. The molecule has 2 heteroatoms. The quantitative estimate of drug-likeness (QED) is 0.162. The summed E-state index contributed by atoms with van der Waals surface area (Å²) in [5, 5.41) is 0. The number of benzene rings is 5. The lowest BCUT2D eigenvalue weighted by Gasteiger charge is -2.42. The second-order valence-electron chi connectivity index (χ2n) is 13.0. The van der Waals surface area contributed by atoms with Gasteiger partial charge in [0.2, 0.25) is 0 Å². The number of nitrogens with two attached hydrogens (primary N) is 2. The topological polar surface area (TPSA) is 52.0 Å². The average Bonchev–Trinajstić information content (AvgIpc) is 3.06. The van der Waals surface area contributed by atoms with Gasteiger partial charge in [0.15, 0.2) is 0 Å². The van der Waals surface area contributed by atoms with E-state index in [4.69, 9.17) is 11.5 Å². The van der Waals surface area contributed by atoms with Crippen LogP contribution in [0.5, 0.6) is 0 Å². The van der Waals surface area contributed by atoms with Gasteiger partial charge in [-0.1, -0.05) is 110 Å². The van der Waals surface area contributed by atoms with Gasteiger partial charge >= 0.3 is 0 Å². The fraction of sp³-hybridized carbons (Fsp3) is 0.286. The summed E-state index contributed by atoms with van der Waals surface area (Å²) in [6, 6.07) is 44.9. The smallest absolute Gasteiger partial charge is 0.0314 e. The van der Waals surface area contributed by atoms with Crippen LogP contribution in [0.2, 0.25) is 0 Å². The van der Waals surface area contributed by atoms with Crippen molar-refractivity contribution in [3.8, 4) is 0 Å². The monoisotopic (exact) mass is 578 g/mol. The molecule has 224 valence electrons. The maximum atomic E-state index is 5.91. The summed E-state index contributed by atoms with van der Waals surface area (Å²) in [6.45, 7) is 2.25. The number of nitrogen functional groups attached to an aromatic ring is 2. The average molecular weight is 579 g/mol. The molecule has 0 aliphatic heterocycles. The molecular weight excluding hydrogens is 532 g/mol. The van der Waals surface area contributed by atoms with Crippen molar-refractivity contribution in [3.05, 3.63) is 166 Å². The Kier molecular flexibility index (Phi) is 9.17. The van der Waals surface area contributed by atoms with Gasteiger partial charge in [0, 0.05) is 16.8 Å². The highest BCUT2D eigenvalue weighted by atomic mass is 14.5. The molecule has 1 saturated carbocycles. The Balaban J connectivity index is 1.22. The highest BCUT2D eigenvalue weighted by molar-refractivity contribution is 5.45. The highest BCUT2D eigenvalue weighted by Gasteiger charge is 2.38. The Morgan fingerprint density at radius 1 is 0.500 bits per heavy atom. The van der Waals surface area contributed by atoms with Crippen LogP contribution in [0.4, 0.5) is 11.4 Å². The molecule has 0 unspecified atom stereocenters. The largest absolute Gasteiger partial charge is 0.399 e. The van der Waals surface area contributed by atoms with E-state index in [2.05, 4.69) is 104 Å². The van der Waals surface area contributed by atoms with E-state index in [-0.39, 0.29) is 5.41 Å². The first-order valence-corrected chi connectivity index (χ1v) is 16.4. The summed E-state index contributed by atoms with van der Waals surface area (Å²) in [5.41, 5.74) is 24.6. The summed E-state index contributed by atoms with van der Waals surface area (Å²) in [5.74, 6) is 0.731. The van der Waals surface area contributed by atoms with E-state index in [1.165, 1.54) is 89.5 Å². The summed E-state index contributed by atoms with van der Waals surface area (Å²) in [6.07, 6.45) is 10.3. The van der Waals surface area contributed by atoms with Crippen molar-refractivity contribution in [2.45, 2.75) is 70.1 Å². The van der Waals surface area contributed by atoms with Crippen LogP contribution in [0, 0.1) is 5.92 Å². The van der Waals surface area contributed by atoms with Crippen molar-refractivity contribution >= 4 is 11.4 Å². The molecule has 0 spiro atoms. The molecule has 0 bridgehead atoms. The Labute approximate surface area is 264 Å². The molecule has 0 aromatic heterocycles. The van der Waals surface area contributed by atoms with Crippen molar-refractivity contribution in [2.24, 2.45) is 5.92 Å². The predicted molar refractivity (Wildman–Crippen MR) is 187 cm³/mol. The van der Waals surface area contributed by atoms with Gasteiger partial charge in [0.1, 0.15) is 0 Å². The zero-order chi connectivity index (χ0) is 30.4. The van der Waals surface area contributed by atoms with E-state index >= 15 is 0 Å². The van der Waals surface area contributed by atoms with Crippen LogP contribution in [0.25, 0.3) is 0 Å². The van der Waals surface area contributed by atoms with Crippen LogP contribution in [0.3, 0.4) is 0 Å². The normalized spacial score (nSPS) is 14.8. The van der Waals surface area contributed by atoms with Crippen molar-refractivity contribution in [3.63, 3.8) is 0 Å². The van der Waals surface area contributed by atoms with Crippen LogP contribution >= 0.6 is 0 Å². The summed E-state index contributed by atoms with van der Waals surface area (Å²) in [4.78, 5) is 0. The highest BCUT2D eigenvalue weighted by Crippen LogP contribution is 2.47. The number of hydrogen-bond acceptors (Lipinski definition) is 2. The molecule has 1 aliphatic carbocycles. The molecule has 0 radical (unpaired) electrons. The molecular formula is C42H46N2. The lowest BCUT2D eigenvalue weighted by atomic mass is 9.62. The van der Waals surface area contributed by atoms with E-state index in [1.807, 2.05) is 24.3 Å². The van der Waals surface area contributed by atoms with Gasteiger partial charge in [0.25, 0.3) is 0 Å². The molecule has 4 N–H and O–H groups in total. The van der Waals surface area contributed by atoms with Crippen molar-refractivity contribution < 1.29 is 0 Å². The Hall–Kier alpha value is -4.30. The van der Waals surface area contributed by atoms with Gasteiger partial charge in [-0.25, -0.2) is 0 Å². The number of aryl methyl sites for hydroxylation is 1. The fourth-order valence-corrected chi connectivity index (χ4v) is 7.21. The number of rotatable bonds is 10. The van der Waals surface area contributed by atoms with Crippen LogP contribution < -0.4 is 11.5 Å². The van der Waals surface area contributed by atoms with E-state index in [0.717, 1.165) is 30.1 Å². The van der Waals surface area contributed by atoms with E-state index in [9.17, 15) is 0 Å². The van der Waals surface area contributed by atoms with E-state index < -0.39 is 0 Å². The SMILES string of the molecule is CCCc1ccc(CC2CCC(c3ccc(Cc4ccc(N)cc4)cc3)(c3ccc(Cc4ccc(N)cc4)cc3)CC2)cc1. The van der Waals surface area contributed by atoms with Crippen molar-refractivity contribution in [1.82, 2.24) is 0 Å². The van der Waals surface area contributed by atoms with Crippen molar-refractivity contribution in [2.75, 3.05) is 11.5 Å². The number of anilines is 2. The third-order valence-electron chi connectivity index (χ3n) is 9.83. The lowest BCUT2D eigenvalue weighted by molar-refractivity contribution is 0.264. The summed E-state index contributed by atoms with van der Waals surface area (Å²) >= 11 is 0. The second kappa shape index (κ2) is 13.6. The molecule has 2 nitrogen and oxygen atoms in total. The zero-order valence-corrected chi connectivity index (χ0v) is 26.1. The number of hydrogen-bond donors (Lipinski definition) is 2. The Bertz CT molecular complexity index is 1510. The Morgan fingerprint density at radius 3 is 1.27 bits per heavy atom. The van der Waals surface area contributed by atoms with Gasteiger partial charge in [0.05, 0.1) is 0 Å². The van der Waals surface area contributed by atoms with Gasteiger partial charge in [-0.3, -0.25) is 0 Å². The third-order valence-corrected chi connectivity index (χ3v) is 9.83. The van der Waals surface area contributed by atoms with Gasteiger partial charge in [-0.15, -0.1) is 0 Å². The van der Waals surface area contributed by atoms with Crippen LogP contribution in [0.1, 0.15) is 83.5 Å². The standard InChI is InChI=1S/C42H46N2/c1-2-3-31-4-6-32(7-5-31)30-37-24-26-42(27-25-37,38-16-8-33(9-17-38)28-35-12-20-40(43)21-13-35)39-18-10-34(11-19-39)29-36-14-22-41(44)23-15-36/h4-23,37H,2-3,24-30,43-44H2,1H3. The molecule has 0 heterocycles. The van der Waals surface area contributed by atoms with Gasteiger partial charge in [-0.2, -0.15) is 0 Å². The molecule has 44 heavy (non-hydrogen) atoms. The van der Waals surface area contributed by atoms with Crippen LogP contribution in [-0.2, 0) is 31.1 Å². The first-order chi connectivity index (χ1) is 21.5. The summed E-state index contributed by atoms with van der Waals surface area (Å²) in [7, 11) is 0. The molecule has 6 rings (SSSR count). The molecule has 1 fully saturated rings. The zero-order valence-electron chi connectivity index (χ0n) is 26.1. The first-order valence-electron chi connectivity index (χ1n) is 16.4. The minimum atomic E-state index is 0.0426. The molecule has 5 aromatic rings. The minimum absolute atomic E-state index is 0.0426. The lowest BCUT2D eigenvalue weighted by Crippen LogP contribution is -2.33. The molecule has 0 atom stereocenters.